The lowest BCUT2D eigenvalue weighted by molar-refractivity contribution is 0.0778. The van der Waals surface area contributed by atoms with Crippen LogP contribution >= 0.6 is 0 Å². The first-order chi connectivity index (χ1) is 6.75. The highest BCUT2D eigenvalue weighted by molar-refractivity contribution is 5.00. The van der Waals surface area contributed by atoms with Gasteiger partial charge in [0.1, 0.15) is 5.76 Å². The van der Waals surface area contributed by atoms with Crippen LogP contribution in [0.2, 0.25) is 0 Å². The first-order valence-corrected chi connectivity index (χ1v) is 5.07. The lowest BCUT2D eigenvalue weighted by Gasteiger charge is -2.14. The van der Waals surface area contributed by atoms with Crippen LogP contribution in [0.1, 0.15) is 19.1 Å². The van der Waals surface area contributed by atoms with Gasteiger partial charge in [-0.2, -0.15) is 0 Å². The van der Waals surface area contributed by atoms with E-state index in [2.05, 4.69) is 0 Å². The number of hydrogen-bond acceptors (Lipinski definition) is 3. The molecule has 0 bridgehead atoms. The van der Waals surface area contributed by atoms with Gasteiger partial charge in [0.05, 0.1) is 25.1 Å². The molecule has 1 aliphatic heterocycles. The van der Waals surface area contributed by atoms with Gasteiger partial charge in [-0.05, 0) is 25.5 Å². The predicted molar refractivity (Wildman–Crippen MR) is 51.9 cm³/mol. The number of aliphatic hydroxyl groups excluding tert-OH is 1. The van der Waals surface area contributed by atoms with Crippen LogP contribution in [0.5, 0.6) is 0 Å². The summed E-state index contributed by atoms with van der Waals surface area (Å²) in [5.41, 5.74) is 0. The predicted octanol–water partition coefficient (Wildman–Crippen LogP) is 1.61. The maximum absolute atomic E-state index is 9.90. The normalized spacial score (nSPS) is 29.3. The molecule has 3 atom stereocenters. The zero-order valence-electron chi connectivity index (χ0n) is 8.35. The summed E-state index contributed by atoms with van der Waals surface area (Å²) in [5, 5.41) is 9.90. The van der Waals surface area contributed by atoms with Crippen LogP contribution in [-0.2, 0) is 11.2 Å². The highest BCUT2D eigenvalue weighted by Crippen LogP contribution is 2.24. The minimum absolute atomic E-state index is 0.259. The smallest absolute Gasteiger partial charge is 0.106 e. The Morgan fingerprint density at radius 3 is 3.07 bits per heavy atom. The number of hydrogen-bond donors (Lipinski definition) is 1. The van der Waals surface area contributed by atoms with Crippen LogP contribution in [-0.4, -0.2) is 23.9 Å². The molecule has 1 aromatic heterocycles. The van der Waals surface area contributed by atoms with Gasteiger partial charge in [-0.25, -0.2) is 0 Å². The largest absolute Gasteiger partial charge is 0.469 e. The zero-order valence-corrected chi connectivity index (χ0v) is 8.35. The lowest BCUT2D eigenvalue weighted by Crippen LogP contribution is -2.22. The second-order valence-electron chi connectivity index (χ2n) is 3.99. The second kappa shape index (κ2) is 4.15. The summed E-state index contributed by atoms with van der Waals surface area (Å²) < 4.78 is 10.6. The maximum atomic E-state index is 9.90. The van der Waals surface area contributed by atoms with E-state index in [1.54, 1.807) is 6.26 Å². The van der Waals surface area contributed by atoms with Gasteiger partial charge in [-0.15, -0.1) is 0 Å². The quantitative estimate of drug-likeness (QED) is 0.798. The fourth-order valence-electron chi connectivity index (χ4n) is 1.92. The standard InChI is InChI=1S/C11H16O3/c1-8-5-9(7-14-8)11(12)6-10-3-2-4-13-10/h2-4,8-9,11-12H,5-7H2,1H3. The van der Waals surface area contributed by atoms with Crippen LogP contribution in [0, 0.1) is 5.92 Å². The molecule has 3 unspecified atom stereocenters. The number of ether oxygens (including phenoxy) is 1. The van der Waals surface area contributed by atoms with Gasteiger partial charge in [0.15, 0.2) is 0 Å². The minimum atomic E-state index is -0.342. The molecule has 3 heteroatoms. The molecule has 1 aliphatic rings. The van der Waals surface area contributed by atoms with Crippen molar-refractivity contribution in [2.75, 3.05) is 6.61 Å². The van der Waals surface area contributed by atoms with E-state index in [0.29, 0.717) is 13.0 Å². The molecule has 1 saturated heterocycles. The van der Waals surface area contributed by atoms with Crippen molar-refractivity contribution >= 4 is 0 Å². The average molecular weight is 196 g/mol. The molecule has 1 N–H and O–H groups in total. The molecule has 78 valence electrons. The van der Waals surface area contributed by atoms with Gasteiger partial charge in [0, 0.05) is 12.3 Å². The Bertz CT molecular complexity index is 268. The molecule has 0 saturated carbocycles. The molecule has 2 heterocycles. The molecule has 3 nitrogen and oxygen atoms in total. The van der Waals surface area contributed by atoms with E-state index in [1.807, 2.05) is 19.1 Å². The Labute approximate surface area is 83.7 Å². The topological polar surface area (TPSA) is 42.6 Å². The summed E-state index contributed by atoms with van der Waals surface area (Å²) >= 11 is 0. The van der Waals surface area contributed by atoms with E-state index in [4.69, 9.17) is 9.15 Å². The van der Waals surface area contributed by atoms with Crippen LogP contribution in [0.25, 0.3) is 0 Å². The molecule has 0 spiro atoms. The van der Waals surface area contributed by atoms with Crippen LogP contribution in [0.15, 0.2) is 22.8 Å². The number of rotatable bonds is 3. The third-order valence-corrected chi connectivity index (χ3v) is 2.76. The Morgan fingerprint density at radius 2 is 2.50 bits per heavy atom. The molecular weight excluding hydrogens is 180 g/mol. The van der Waals surface area contributed by atoms with Gasteiger partial charge < -0.3 is 14.3 Å². The summed E-state index contributed by atoms with van der Waals surface area (Å²) in [5.74, 6) is 1.10. The third-order valence-electron chi connectivity index (χ3n) is 2.76. The Balaban J connectivity index is 1.87. The maximum Gasteiger partial charge on any atom is 0.106 e. The Kier molecular flexibility index (Phi) is 2.89. The van der Waals surface area contributed by atoms with E-state index < -0.39 is 0 Å². The van der Waals surface area contributed by atoms with Crippen molar-refractivity contribution < 1.29 is 14.3 Å². The molecule has 0 radical (unpaired) electrons. The van der Waals surface area contributed by atoms with Crippen molar-refractivity contribution in [3.05, 3.63) is 24.2 Å². The van der Waals surface area contributed by atoms with Crippen LogP contribution < -0.4 is 0 Å². The fraction of sp³-hybridized carbons (Fsp3) is 0.636. The van der Waals surface area contributed by atoms with Gasteiger partial charge in [-0.3, -0.25) is 0 Å². The lowest BCUT2D eigenvalue weighted by atomic mass is 9.96. The van der Waals surface area contributed by atoms with Gasteiger partial charge in [-0.1, -0.05) is 0 Å². The molecular formula is C11H16O3. The van der Waals surface area contributed by atoms with Gasteiger partial charge >= 0.3 is 0 Å². The van der Waals surface area contributed by atoms with E-state index in [-0.39, 0.29) is 18.1 Å². The fourth-order valence-corrected chi connectivity index (χ4v) is 1.92. The molecule has 14 heavy (non-hydrogen) atoms. The Morgan fingerprint density at radius 1 is 1.64 bits per heavy atom. The van der Waals surface area contributed by atoms with Crippen molar-refractivity contribution in [2.24, 2.45) is 5.92 Å². The van der Waals surface area contributed by atoms with Crippen molar-refractivity contribution in [1.82, 2.24) is 0 Å². The van der Waals surface area contributed by atoms with E-state index in [0.717, 1.165) is 12.2 Å². The van der Waals surface area contributed by atoms with Gasteiger partial charge in [0.2, 0.25) is 0 Å². The Hall–Kier alpha value is -0.800. The minimum Gasteiger partial charge on any atom is -0.469 e. The monoisotopic (exact) mass is 196 g/mol. The first kappa shape index (κ1) is 9.74. The summed E-state index contributed by atoms with van der Waals surface area (Å²) in [6.45, 7) is 2.71. The summed E-state index contributed by atoms with van der Waals surface area (Å²) in [6, 6.07) is 3.73. The highest BCUT2D eigenvalue weighted by atomic mass is 16.5. The van der Waals surface area contributed by atoms with Crippen molar-refractivity contribution in [3.63, 3.8) is 0 Å². The molecule has 0 aromatic carbocycles. The summed E-state index contributed by atoms with van der Waals surface area (Å²) in [7, 11) is 0. The van der Waals surface area contributed by atoms with Crippen molar-refractivity contribution in [2.45, 2.75) is 32.0 Å². The van der Waals surface area contributed by atoms with Crippen molar-refractivity contribution in [3.8, 4) is 0 Å². The van der Waals surface area contributed by atoms with Crippen molar-refractivity contribution in [1.29, 1.82) is 0 Å². The molecule has 0 aliphatic carbocycles. The van der Waals surface area contributed by atoms with E-state index in [1.165, 1.54) is 0 Å². The van der Waals surface area contributed by atoms with E-state index >= 15 is 0 Å². The molecule has 1 fully saturated rings. The molecule has 2 rings (SSSR count). The summed E-state index contributed by atoms with van der Waals surface area (Å²) in [6.07, 6.45) is 3.11. The highest BCUT2D eigenvalue weighted by Gasteiger charge is 2.28. The second-order valence-corrected chi connectivity index (χ2v) is 3.99. The SMILES string of the molecule is CC1CC(C(O)Cc2ccco2)CO1. The first-order valence-electron chi connectivity index (χ1n) is 5.07. The number of furan rings is 1. The number of aliphatic hydroxyl groups is 1. The molecule has 0 amide bonds. The third kappa shape index (κ3) is 2.16. The summed E-state index contributed by atoms with van der Waals surface area (Å²) in [4.78, 5) is 0. The molecule has 1 aromatic rings. The average Bonchev–Trinajstić information content (AvgIpc) is 2.75. The van der Waals surface area contributed by atoms with E-state index in [9.17, 15) is 5.11 Å². The van der Waals surface area contributed by atoms with Crippen LogP contribution in [0.4, 0.5) is 0 Å². The zero-order chi connectivity index (χ0) is 9.97. The van der Waals surface area contributed by atoms with Gasteiger partial charge in [0.25, 0.3) is 0 Å². The van der Waals surface area contributed by atoms with Crippen LogP contribution in [0.3, 0.4) is 0 Å².